The molecule has 0 aliphatic rings. The van der Waals surface area contributed by atoms with Crippen LogP contribution in [0.1, 0.15) is 42.7 Å². The minimum absolute atomic E-state index is 0.0434. The van der Waals surface area contributed by atoms with Crippen molar-refractivity contribution in [2.75, 3.05) is 6.54 Å². The van der Waals surface area contributed by atoms with Crippen LogP contribution in [0.5, 0.6) is 0 Å². The van der Waals surface area contributed by atoms with Gasteiger partial charge in [0, 0.05) is 33.9 Å². The van der Waals surface area contributed by atoms with Crippen molar-refractivity contribution in [2.45, 2.75) is 53.5 Å². The molecule has 3 N–H and O–H groups in total. The van der Waals surface area contributed by atoms with Crippen LogP contribution in [0.3, 0.4) is 0 Å². The molecule has 0 unspecified atom stereocenters. The predicted molar refractivity (Wildman–Crippen MR) is 148 cm³/mol. The number of aryl methyl sites for hydroxylation is 3. The molecule has 9 nitrogen and oxygen atoms in total. The van der Waals surface area contributed by atoms with Gasteiger partial charge in [0.15, 0.2) is 0 Å². The highest BCUT2D eigenvalue weighted by atomic mass is 16.4. The van der Waals surface area contributed by atoms with E-state index in [4.69, 9.17) is 8.83 Å². The van der Waals surface area contributed by atoms with Crippen LogP contribution in [0, 0.1) is 26.7 Å². The molecule has 0 spiro atoms. The topological polar surface area (TPSA) is 139 Å². The Morgan fingerprint density at radius 2 is 1.59 bits per heavy atom. The second-order valence-corrected chi connectivity index (χ2v) is 10.1. The van der Waals surface area contributed by atoms with Crippen molar-refractivity contribution in [3.63, 3.8) is 0 Å². The molecule has 0 aliphatic heterocycles. The first-order valence-corrected chi connectivity index (χ1v) is 12.8. The van der Waals surface area contributed by atoms with Gasteiger partial charge < -0.3 is 24.6 Å². The lowest BCUT2D eigenvalue weighted by Gasteiger charge is -2.18. The van der Waals surface area contributed by atoms with Gasteiger partial charge in [0.2, 0.25) is 11.8 Å². The van der Waals surface area contributed by atoms with E-state index in [1.165, 1.54) is 0 Å². The van der Waals surface area contributed by atoms with E-state index in [0.717, 1.165) is 38.8 Å². The molecule has 204 valence electrons. The Labute approximate surface area is 225 Å². The Hall–Kier alpha value is -4.40. The van der Waals surface area contributed by atoms with Crippen LogP contribution in [0.2, 0.25) is 0 Å². The number of hydrogen-bond donors (Lipinski definition) is 3. The summed E-state index contributed by atoms with van der Waals surface area (Å²) in [6.45, 7) is 8.59. The Morgan fingerprint density at radius 1 is 0.923 bits per heavy atom. The molecule has 2 amide bonds. The Kier molecular flexibility index (Phi) is 7.90. The van der Waals surface area contributed by atoms with Gasteiger partial charge in [-0.15, -0.1) is 0 Å². The summed E-state index contributed by atoms with van der Waals surface area (Å²) in [6.07, 6.45) is 0.0760. The summed E-state index contributed by atoms with van der Waals surface area (Å²) in [5, 5.41) is 15.8. The average Bonchev–Trinajstić information content (AvgIpc) is 3.23. The Bertz CT molecular complexity index is 1630. The number of carboxylic acid groups (broad SMARTS) is 1. The van der Waals surface area contributed by atoms with Crippen molar-refractivity contribution in [3.05, 3.63) is 69.3 Å². The quantitative estimate of drug-likeness (QED) is 0.272. The van der Waals surface area contributed by atoms with Crippen LogP contribution < -0.4 is 16.3 Å². The van der Waals surface area contributed by atoms with E-state index < -0.39 is 29.5 Å². The van der Waals surface area contributed by atoms with Crippen LogP contribution in [0.4, 0.5) is 0 Å². The number of rotatable bonds is 9. The second-order valence-electron chi connectivity index (χ2n) is 10.1. The molecule has 2 aromatic carbocycles. The maximum atomic E-state index is 12.9. The van der Waals surface area contributed by atoms with E-state index >= 15 is 0 Å². The lowest BCUT2D eigenvalue weighted by Crippen LogP contribution is -2.48. The molecule has 0 saturated heterocycles. The zero-order valence-corrected chi connectivity index (χ0v) is 22.6. The SMILES string of the molecule is Cc1oc2c(C)c3oc(=O)c(CCC(=O)NCC(=O)N[C@@H](C(=O)O)C(C)C)c(C)c3cc2c1-c1ccccc1. The lowest BCUT2D eigenvalue weighted by molar-refractivity contribution is -0.143. The Balaban J connectivity index is 1.56. The van der Waals surface area contributed by atoms with Crippen molar-refractivity contribution in [1.82, 2.24) is 10.6 Å². The molecule has 9 heteroatoms. The van der Waals surface area contributed by atoms with E-state index in [1.54, 1.807) is 13.8 Å². The van der Waals surface area contributed by atoms with Crippen LogP contribution >= 0.6 is 0 Å². The van der Waals surface area contributed by atoms with Crippen molar-refractivity contribution < 1.29 is 28.3 Å². The summed E-state index contributed by atoms with van der Waals surface area (Å²) in [5.74, 6) is -1.73. The summed E-state index contributed by atoms with van der Waals surface area (Å²) in [7, 11) is 0. The maximum Gasteiger partial charge on any atom is 0.339 e. The van der Waals surface area contributed by atoms with Gasteiger partial charge in [-0.25, -0.2) is 9.59 Å². The van der Waals surface area contributed by atoms with Crippen LogP contribution in [0.15, 0.2) is 50.0 Å². The fourth-order valence-corrected chi connectivity index (χ4v) is 4.87. The van der Waals surface area contributed by atoms with Crippen molar-refractivity contribution in [1.29, 1.82) is 0 Å². The van der Waals surface area contributed by atoms with Crippen molar-refractivity contribution >= 4 is 39.7 Å². The largest absolute Gasteiger partial charge is 0.480 e. The van der Waals surface area contributed by atoms with Crippen molar-refractivity contribution in [2.24, 2.45) is 5.92 Å². The third-order valence-corrected chi connectivity index (χ3v) is 6.99. The number of benzene rings is 2. The molecular weight excluding hydrogens is 500 g/mol. The fraction of sp³-hybridized carbons (Fsp3) is 0.333. The van der Waals surface area contributed by atoms with Gasteiger partial charge in [-0.05, 0) is 50.3 Å². The first-order chi connectivity index (χ1) is 18.5. The molecule has 4 aromatic rings. The van der Waals surface area contributed by atoms with E-state index in [9.17, 15) is 24.3 Å². The molecule has 0 aliphatic carbocycles. The van der Waals surface area contributed by atoms with Gasteiger partial charge in [0.25, 0.3) is 0 Å². The zero-order valence-electron chi connectivity index (χ0n) is 22.6. The molecule has 0 saturated carbocycles. The van der Waals surface area contributed by atoms with E-state index in [0.29, 0.717) is 16.7 Å². The van der Waals surface area contributed by atoms with E-state index in [2.05, 4.69) is 10.6 Å². The lowest BCUT2D eigenvalue weighted by atomic mass is 9.96. The van der Waals surface area contributed by atoms with Gasteiger partial charge in [-0.2, -0.15) is 0 Å². The fourth-order valence-electron chi connectivity index (χ4n) is 4.87. The molecule has 39 heavy (non-hydrogen) atoms. The number of carboxylic acids is 1. The van der Waals surface area contributed by atoms with Gasteiger partial charge in [-0.1, -0.05) is 44.2 Å². The summed E-state index contributed by atoms with van der Waals surface area (Å²) in [4.78, 5) is 48.7. The third kappa shape index (κ3) is 5.57. The molecule has 1 atom stereocenters. The molecule has 2 aromatic heterocycles. The van der Waals surface area contributed by atoms with Crippen LogP contribution in [-0.2, 0) is 20.8 Å². The van der Waals surface area contributed by atoms with Gasteiger partial charge in [0.05, 0.1) is 6.54 Å². The van der Waals surface area contributed by atoms with E-state index in [1.807, 2.05) is 57.2 Å². The van der Waals surface area contributed by atoms with E-state index in [-0.39, 0.29) is 25.3 Å². The minimum atomic E-state index is -1.14. The highest BCUT2D eigenvalue weighted by molar-refractivity contribution is 6.05. The summed E-state index contributed by atoms with van der Waals surface area (Å²) in [6, 6.07) is 10.8. The number of nitrogens with one attached hydrogen (secondary N) is 2. The van der Waals surface area contributed by atoms with Gasteiger partial charge in [0.1, 0.15) is 23.0 Å². The zero-order chi connectivity index (χ0) is 28.4. The highest BCUT2D eigenvalue weighted by Crippen LogP contribution is 2.39. The first-order valence-electron chi connectivity index (χ1n) is 12.8. The molecule has 2 heterocycles. The number of furan rings is 1. The number of fused-ring (bicyclic) bond motifs is 2. The maximum absolute atomic E-state index is 12.9. The molecule has 0 fully saturated rings. The average molecular weight is 533 g/mol. The molecule has 0 bridgehead atoms. The summed E-state index contributed by atoms with van der Waals surface area (Å²) < 4.78 is 11.8. The standard InChI is InChI=1S/C30H32N2O7/c1-15(2)26(29(35)36)32-24(34)14-31-23(33)12-11-20-16(3)21-13-22-25(19-9-7-6-8-10-19)18(5)38-28(22)17(4)27(21)39-30(20)37/h6-10,13,15,26H,11-12,14H2,1-5H3,(H,31,33)(H,32,34)(H,35,36)/t26-/m1/s1. The minimum Gasteiger partial charge on any atom is -0.480 e. The van der Waals surface area contributed by atoms with Crippen LogP contribution in [-0.4, -0.2) is 35.5 Å². The molecular formula is C30H32N2O7. The smallest absolute Gasteiger partial charge is 0.339 e. The van der Waals surface area contributed by atoms with Crippen LogP contribution in [0.25, 0.3) is 33.1 Å². The molecule has 0 radical (unpaired) electrons. The summed E-state index contributed by atoms with van der Waals surface area (Å²) >= 11 is 0. The number of carbonyl (C=O) groups is 3. The van der Waals surface area contributed by atoms with Crippen molar-refractivity contribution in [3.8, 4) is 11.1 Å². The number of amides is 2. The number of carbonyl (C=O) groups excluding carboxylic acids is 2. The Morgan fingerprint density at radius 3 is 2.23 bits per heavy atom. The van der Waals surface area contributed by atoms with Gasteiger partial charge >= 0.3 is 11.6 Å². The molecule has 4 rings (SSSR count). The summed E-state index contributed by atoms with van der Waals surface area (Å²) in [5.41, 5.74) is 4.40. The highest BCUT2D eigenvalue weighted by Gasteiger charge is 2.24. The normalized spacial score (nSPS) is 12.2. The second kappa shape index (κ2) is 11.1. The monoisotopic (exact) mass is 532 g/mol. The number of hydrogen-bond acceptors (Lipinski definition) is 6. The predicted octanol–water partition coefficient (Wildman–Crippen LogP) is 4.41. The third-order valence-electron chi connectivity index (χ3n) is 6.99. The van der Waals surface area contributed by atoms with Gasteiger partial charge in [-0.3, -0.25) is 9.59 Å². The first kappa shape index (κ1) is 27.6. The number of aliphatic carboxylic acids is 1.